The molecule has 1 aliphatic rings. The van der Waals surface area contributed by atoms with E-state index in [-0.39, 0.29) is 5.91 Å². The quantitative estimate of drug-likeness (QED) is 0.791. The second-order valence-electron chi connectivity index (χ2n) is 4.16. The monoisotopic (exact) mass is 388 g/mol. The molecule has 0 radical (unpaired) electrons. The van der Waals surface area contributed by atoms with Crippen molar-refractivity contribution < 1.29 is 4.79 Å². The number of halogens is 2. The van der Waals surface area contributed by atoms with Gasteiger partial charge in [0.25, 0.3) is 5.91 Å². The number of hydrogen-bond acceptors (Lipinski definition) is 2. The lowest BCUT2D eigenvalue weighted by molar-refractivity contribution is 0.0739. The number of thiophene rings is 1. The Morgan fingerprint density at radius 1 is 1.44 bits per heavy atom. The van der Waals surface area contributed by atoms with Crippen molar-refractivity contribution in [2.75, 3.05) is 6.54 Å². The van der Waals surface area contributed by atoms with E-state index in [4.69, 9.17) is 0 Å². The fourth-order valence-corrected chi connectivity index (χ4v) is 3.79. The molecule has 2 aromatic rings. The van der Waals surface area contributed by atoms with Gasteiger partial charge in [-0.1, -0.05) is 6.07 Å². The summed E-state index contributed by atoms with van der Waals surface area (Å²) in [6, 6.07) is 3.79. The number of aromatic nitrogens is 1. The fraction of sp³-hybridized carbons (Fsp3) is 0.250. The lowest BCUT2D eigenvalue weighted by Crippen LogP contribution is -2.35. The summed E-state index contributed by atoms with van der Waals surface area (Å²) in [5.41, 5.74) is 2.39. The number of nitrogens with zero attached hydrogens (tertiary/aromatic N) is 1. The van der Waals surface area contributed by atoms with Gasteiger partial charge in [-0.3, -0.25) is 4.79 Å². The van der Waals surface area contributed by atoms with Crippen LogP contribution in [0.4, 0.5) is 0 Å². The molecule has 3 heterocycles. The highest BCUT2D eigenvalue weighted by Gasteiger charge is 2.26. The number of fused-ring (bicyclic) bond motifs is 1. The smallest absolute Gasteiger partial charge is 0.264 e. The second kappa shape index (κ2) is 4.83. The van der Waals surface area contributed by atoms with Gasteiger partial charge in [0.2, 0.25) is 0 Å². The van der Waals surface area contributed by atoms with Gasteiger partial charge in [0.05, 0.1) is 14.0 Å². The predicted molar refractivity (Wildman–Crippen MR) is 79.0 cm³/mol. The number of rotatable bonds is 1. The number of H-pyrrole nitrogens is 1. The SMILES string of the molecule is O=C(c1cccs1)N1CCc2[nH]c(Br)c(Br)c2C1. The van der Waals surface area contributed by atoms with E-state index in [0.29, 0.717) is 6.54 Å². The molecule has 18 heavy (non-hydrogen) atoms. The predicted octanol–water partition coefficient (Wildman–Crippen LogP) is 3.80. The molecule has 0 spiro atoms. The molecule has 3 rings (SSSR count). The van der Waals surface area contributed by atoms with E-state index in [1.165, 1.54) is 22.6 Å². The molecule has 0 atom stereocenters. The van der Waals surface area contributed by atoms with E-state index in [1.807, 2.05) is 22.4 Å². The lowest BCUT2D eigenvalue weighted by Gasteiger charge is -2.26. The van der Waals surface area contributed by atoms with E-state index in [9.17, 15) is 4.79 Å². The maximum atomic E-state index is 12.3. The van der Waals surface area contributed by atoms with Crippen molar-refractivity contribution in [2.45, 2.75) is 13.0 Å². The van der Waals surface area contributed by atoms with E-state index in [0.717, 1.165) is 26.9 Å². The third-order valence-corrected chi connectivity index (χ3v) is 5.94. The van der Waals surface area contributed by atoms with Crippen LogP contribution in [-0.2, 0) is 13.0 Å². The van der Waals surface area contributed by atoms with E-state index in [1.54, 1.807) is 0 Å². The van der Waals surface area contributed by atoms with Gasteiger partial charge in [-0.2, -0.15) is 0 Å². The van der Waals surface area contributed by atoms with Gasteiger partial charge in [0, 0.05) is 30.8 Å². The first-order valence-corrected chi connectivity index (χ1v) is 8.01. The normalized spacial score (nSPS) is 14.7. The number of nitrogens with one attached hydrogen (secondary N) is 1. The number of amides is 1. The Bertz CT molecular complexity index is 591. The highest BCUT2D eigenvalue weighted by atomic mass is 79.9. The molecule has 2 aromatic heterocycles. The van der Waals surface area contributed by atoms with Crippen LogP contribution in [0, 0.1) is 0 Å². The standard InChI is InChI=1S/C12H10Br2N2OS/c13-10-7-6-16(4-3-8(7)15-11(10)14)12(17)9-2-1-5-18-9/h1-2,5,15H,3-4,6H2. The zero-order valence-corrected chi connectivity index (χ0v) is 13.4. The molecule has 1 amide bonds. The average Bonchev–Trinajstić information content (AvgIpc) is 2.99. The molecule has 0 aromatic carbocycles. The third kappa shape index (κ3) is 2.06. The third-order valence-electron chi connectivity index (χ3n) is 3.08. The molecule has 6 heteroatoms. The van der Waals surface area contributed by atoms with E-state index < -0.39 is 0 Å². The van der Waals surface area contributed by atoms with Crippen LogP contribution in [0.25, 0.3) is 0 Å². The van der Waals surface area contributed by atoms with Crippen LogP contribution in [0.15, 0.2) is 26.6 Å². The summed E-state index contributed by atoms with van der Waals surface area (Å²) in [5, 5.41) is 1.94. The summed E-state index contributed by atoms with van der Waals surface area (Å²) in [6.07, 6.45) is 0.872. The number of aromatic amines is 1. The number of hydrogen-bond donors (Lipinski definition) is 1. The van der Waals surface area contributed by atoms with Gasteiger partial charge in [-0.05, 0) is 43.3 Å². The molecule has 0 saturated heterocycles. The Hall–Kier alpha value is -0.590. The summed E-state index contributed by atoms with van der Waals surface area (Å²) in [4.78, 5) is 18.3. The molecule has 1 N–H and O–H groups in total. The van der Waals surface area contributed by atoms with Crippen LogP contribution < -0.4 is 0 Å². The van der Waals surface area contributed by atoms with Crippen LogP contribution in [0.1, 0.15) is 20.9 Å². The summed E-state index contributed by atoms with van der Waals surface area (Å²) in [5.74, 6) is 0.125. The van der Waals surface area contributed by atoms with Crippen molar-refractivity contribution in [2.24, 2.45) is 0 Å². The maximum absolute atomic E-state index is 12.3. The van der Waals surface area contributed by atoms with Gasteiger partial charge < -0.3 is 9.88 Å². The van der Waals surface area contributed by atoms with Gasteiger partial charge >= 0.3 is 0 Å². The summed E-state index contributed by atoms with van der Waals surface area (Å²) < 4.78 is 1.99. The van der Waals surface area contributed by atoms with Crippen LogP contribution >= 0.6 is 43.2 Å². The Kier molecular flexibility index (Phi) is 3.34. The molecule has 0 fully saturated rings. The van der Waals surface area contributed by atoms with Gasteiger partial charge in [0.15, 0.2) is 0 Å². The fourth-order valence-electron chi connectivity index (χ4n) is 2.15. The molecular formula is C12H10Br2N2OS. The summed E-state index contributed by atoms with van der Waals surface area (Å²) in [6.45, 7) is 1.43. The first kappa shape index (κ1) is 12.4. The van der Waals surface area contributed by atoms with Crippen LogP contribution in [-0.4, -0.2) is 22.3 Å². The molecule has 0 saturated carbocycles. The summed E-state index contributed by atoms with van der Waals surface area (Å²) >= 11 is 8.51. The van der Waals surface area contributed by atoms with Crippen molar-refractivity contribution >= 4 is 49.1 Å². The maximum Gasteiger partial charge on any atom is 0.264 e. The highest BCUT2D eigenvalue weighted by Crippen LogP contribution is 2.33. The molecule has 0 aliphatic carbocycles. The minimum Gasteiger partial charge on any atom is -0.352 e. The number of carbonyl (C=O) groups excluding carboxylic acids is 1. The van der Waals surface area contributed by atoms with Crippen LogP contribution in [0.3, 0.4) is 0 Å². The highest BCUT2D eigenvalue weighted by molar-refractivity contribution is 9.13. The number of carbonyl (C=O) groups is 1. The Labute approximate surface area is 125 Å². The zero-order valence-electron chi connectivity index (χ0n) is 9.37. The van der Waals surface area contributed by atoms with Crippen molar-refractivity contribution in [1.82, 2.24) is 9.88 Å². The Balaban J connectivity index is 1.87. The topological polar surface area (TPSA) is 36.1 Å². The van der Waals surface area contributed by atoms with Gasteiger partial charge in [-0.15, -0.1) is 11.3 Å². The molecule has 3 nitrogen and oxygen atoms in total. The van der Waals surface area contributed by atoms with Gasteiger partial charge in [0.1, 0.15) is 0 Å². The van der Waals surface area contributed by atoms with Crippen LogP contribution in [0.2, 0.25) is 0 Å². The largest absolute Gasteiger partial charge is 0.352 e. The minimum atomic E-state index is 0.125. The Morgan fingerprint density at radius 2 is 2.28 bits per heavy atom. The Morgan fingerprint density at radius 3 is 3.00 bits per heavy atom. The molecule has 0 bridgehead atoms. The minimum absolute atomic E-state index is 0.125. The van der Waals surface area contributed by atoms with Crippen molar-refractivity contribution in [3.05, 3.63) is 42.7 Å². The first-order chi connectivity index (χ1) is 8.66. The van der Waals surface area contributed by atoms with Crippen molar-refractivity contribution in [3.8, 4) is 0 Å². The molecule has 94 valence electrons. The molecule has 0 unspecified atom stereocenters. The lowest BCUT2D eigenvalue weighted by atomic mass is 10.1. The van der Waals surface area contributed by atoms with Gasteiger partial charge in [-0.25, -0.2) is 0 Å². The van der Waals surface area contributed by atoms with E-state index in [2.05, 4.69) is 36.8 Å². The van der Waals surface area contributed by atoms with Crippen molar-refractivity contribution in [3.63, 3.8) is 0 Å². The van der Waals surface area contributed by atoms with Crippen LogP contribution in [0.5, 0.6) is 0 Å². The zero-order chi connectivity index (χ0) is 12.7. The molecular weight excluding hydrogens is 380 g/mol. The second-order valence-corrected chi connectivity index (χ2v) is 6.70. The first-order valence-electron chi connectivity index (χ1n) is 5.54. The molecule has 1 aliphatic heterocycles. The summed E-state index contributed by atoms with van der Waals surface area (Å²) in [7, 11) is 0. The van der Waals surface area contributed by atoms with Crippen molar-refractivity contribution in [1.29, 1.82) is 0 Å². The average molecular weight is 390 g/mol. The van der Waals surface area contributed by atoms with E-state index >= 15 is 0 Å².